The molecule has 10 N–H and O–H groups in total. The molecule has 0 aliphatic rings. The summed E-state index contributed by atoms with van der Waals surface area (Å²) in [6, 6.07) is 6.08. The minimum Gasteiger partial charge on any atom is -0.370 e. The van der Waals surface area contributed by atoms with Gasteiger partial charge in [-0.2, -0.15) is 0 Å². The van der Waals surface area contributed by atoms with Crippen molar-refractivity contribution in [2.45, 2.75) is 31.3 Å². The number of nitrogens with two attached hydrogens (primary N) is 4. The van der Waals surface area contributed by atoms with E-state index in [9.17, 15) is 9.59 Å². The number of rotatable bonds is 9. The summed E-state index contributed by atoms with van der Waals surface area (Å²) in [7, 11) is 0. The Labute approximate surface area is 151 Å². The molecule has 0 unspecified atom stereocenters. The summed E-state index contributed by atoms with van der Waals surface area (Å²) in [6.07, 6.45) is 3.03. The first-order valence-corrected chi connectivity index (χ1v) is 8.34. The van der Waals surface area contributed by atoms with Gasteiger partial charge in [-0.25, -0.2) is 0 Å². The van der Waals surface area contributed by atoms with Gasteiger partial charge in [-0.15, -0.1) is 0 Å². The number of aliphatic imine (C=N–C) groups is 1. The molecule has 2 aromatic rings. The number of primary amides is 1. The van der Waals surface area contributed by atoms with Crippen molar-refractivity contribution in [2.24, 2.45) is 27.9 Å². The quantitative estimate of drug-likeness (QED) is 0.192. The molecule has 2 atom stereocenters. The van der Waals surface area contributed by atoms with Crippen molar-refractivity contribution in [3.05, 3.63) is 36.0 Å². The topological polar surface area (TPSA) is 178 Å². The number of fused-ring (bicyclic) bond motifs is 1. The first-order chi connectivity index (χ1) is 12.4. The predicted molar refractivity (Wildman–Crippen MR) is 101 cm³/mol. The molecule has 1 aromatic carbocycles. The highest BCUT2D eigenvalue weighted by molar-refractivity contribution is 5.90. The van der Waals surface area contributed by atoms with E-state index in [1.165, 1.54) is 0 Å². The van der Waals surface area contributed by atoms with E-state index in [0.29, 0.717) is 19.4 Å². The molecule has 9 nitrogen and oxygen atoms in total. The standard InChI is InChI=1S/C17H25N7O2/c18-12(5-3-7-22-17(20)21)16(26)24-14(15(19)25)8-10-9-23-13-6-2-1-4-11(10)13/h1-2,4,6,9,12,14,23H,3,5,7-8,18H2,(H2,19,25)(H,24,26)(H4,20,21,22)/t12-,14+/m0/s1. The minimum atomic E-state index is -0.842. The van der Waals surface area contributed by atoms with Crippen molar-refractivity contribution >= 4 is 28.7 Å². The number of guanidine groups is 1. The number of para-hydroxylation sites is 1. The van der Waals surface area contributed by atoms with Crippen LogP contribution >= 0.6 is 0 Å². The number of benzene rings is 1. The van der Waals surface area contributed by atoms with E-state index in [1.807, 2.05) is 30.5 Å². The molecule has 0 saturated carbocycles. The smallest absolute Gasteiger partial charge is 0.240 e. The maximum absolute atomic E-state index is 12.2. The average molecular weight is 359 g/mol. The number of amides is 2. The van der Waals surface area contributed by atoms with Gasteiger partial charge < -0.3 is 33.2 Å². The molecule has 2 amide bonds. The summed E-state index contributed by atoms with van der Waals surface area (Å²) >= 11 is 0. The van der Waals surface area contributed by atoms with Gasteiger partial charge in [0, 0.05) is 30.1 Å². The lowest BCUT2D eigenvalue weighted by Gasteiger charge is -2.18. The molecule has 9 heteroatoms. The van der Waals surface area contributed by atoms with Crippen LogP contribution in [0.25, 0.3) is 10.9 Å². The SMILES string of the molecule is NC(=O)[C@@H](Cc1c[nH]c2ccccc12)NC(=O)[C@@H](N)CCCN=C(N)N. The molecule has 0 fully saturated rings. The number of carbonyl (C=O) groups excluding carboxylic acids is 2. The molecule has 0 bridgehead atoms. The Kier molecular flexibility index (Phi) is 6.56. The number of H-pyrrole nitrogens is 1. The second kappa shape index (κ2) is 8.86. The van der Waals surface area contributed by atoms with Crippen molar-refractivity contribution in [3.63, 3.8) is 0 Å². The third-order valence-electron chi connectivity index (χ3n) is 4.06. The van der Waals surface area contributed by atoms with Gasteiger partial charge in [-0.1, -0.05) is 18.2 Å². The Morgan fingerprint density at radius 1 is 1.19 bits per heavy atom. The van der Waals surface area contributed by atoms with Crippen molar-refractivity contribution < 1.29 is 9.59 Å². The molecule has 1 heterocycles. The maximum Gasteiger partial charge on any atom is 0.240 e. The average Bonchev–Trinajstić information content (AvgIpc) is 3.00. The number of nitrogens with one attached hydrogen (secondary N) is 2. The molecular weight excluding hydrogens is 334 g/mol. The number of hydrogen-bond acceptors (Lipinski definition) is 4. The van der Waals surface area contributed by atoms with Crippen molar-refractivity contribution in [1.29, 1.82) is 0 Å². The summed E-state index contributed by atoms with van der Waals surface area (Å²) in [5.41, 5.74) is 23.6. The molecule has 140 valence electrons. The van der Waals surface area contributed by atoms with E-state index >= 15 is 0 Å². The number of aromatic amines is 1. The van der Waals surface area contributed by atoms with Gasteiger partial charge in [0.25, 0.3) is 0 Å². The fourth-order valence-electron chi connectivity index (χ4n) is 2.67. The lowest BCUT2D eigenvalue weighted by atomic mass is 10.0. The molecule has 1 aromatic heterocycles. The summed E-state index contributed by atoms with van der Waals surface area (Å²) in [6.45, 7) is 0.387. The normalized spacial score (nSPS) is 13.1. The third kappa shape index (κ3) is 5.21. The number of hydrogen-bond donors (Lipinski definition) is 6. The van der Waals surface area contributed by atoms with E-state index in [0.717, 1.165) is 16.5 Å². The zero-order chi connectivity index (χ0) is 19.1. The Morgan fingerprint density at radius 2 is 1.92 bits per heavy atom. The monoisotopic (exact) mass is 359 g/mol. The van der Waals surface area contributed by atoms with Gasteiger partial charge in [-0.3, -0.25) is 14.6 Å². The Balaban J connectivity index is 1.96. The summed E-state index contributed by atoms with van der Waals surface area (Å²) < 4.78 is 0. The second-order valence-electron chi connectivity index (χ2n) is 6.08. The molecule has 0 radical (unpaired) electrons. The van der Waals surface area contributed by atoms with E-state index in [1.54, 1.807) is 0 Å². The lowest BCUT2D eigenvalue weighted by molar-refractivity contribution is -0.128. The van der Waals surface area contributed by atoms with Crippen LogP contribution in [0.3, 0.4) is 0 Å². The van der Waals surface area contributed by atoms with Gasteiger partial charge in [-0.05, 0) is 24.5 Å². The number of nitrogens with zero attached hydrogens (tertiary/aromatic N) is 1. The second-order valence-corrected chi connectivity index (χ2v) is 6.08. The largest absolute Gasteiger partial charge is 0.370 e. The molecule has 0 aliphatic carbocycles. The summed E-state index contributed by atoms with van der Waals surface area (Å²) in [5, 5.41) is 3.61. The first-order valence-electron chi connectivity index (χ1n) is 8.34. The van der Waals surface area contributed by atoms with Crippen molar-refractivity contribution in [3.8, 4) is 0 Å². The fourth-order valence-corrected chi connectivity index (χ4v) is 2.67. The van der Waals surface area contributed by atoms with Crippen LogP contribution in [0.2, 0.25) is 0 Å². The van der Waals surface area contributed by atoms with E-state index < -0.39 is 23.9 Å². The predicted octanol–water partition coefficient (Wildman–Crippen LogP) is -0.939. The number of aromatic nitrogens is 1. The van der Waals surface area contributed by atoms with Crippen LogP contribution in [0.1, 0.15) is 18.4 Å². The Morgan fingerprint density at radius 3 is 2.62 bits per heavy atom. The van der Waals surface area contributed by atoms with Gasteiger partial charge >= 0.3 is 0 Å². The zero-order valence-electron chi connectivity index (χ0n) is 14.4. The summed E-state index contributed by atoms with van der Waals surface area (Å²) in [5.74, 6) is -1.05. The Hall–Kier alpha value is -3.07. The summed E-state index contributed by atoms with van der Waals surface area (Å²) in [4.78, 5) is 31.0. The molecule has 0 aliphatic heterocycles. The molecule has 0 saturated heterocycles. The van der Waals surface area contributed by atoms with Crippen molar-refractivity contribution in [1.82, 2.24) is 10.3 Å². The van der Waals surface area contributed by atoms with Gasteiger partial charge in [0.05, 0.1) is 6.04 Å². The number of carbonyl (C=O) groups is 2. The lowest BCUT2D eigenvalue weighted by Crippen LogP contribution is -2.51. The first kappa shape index (κ1) is 19.3. The van der Waals surface area contributed by atoms with E-state index in [-0.39, 0.29) is 12.4 Å². The zero-order valence-corrected chi connectivity index (χ0v) is 14.4. The van der Waals surface area contributed by atoms with Crippen LogP contribution in [0.4, 0.5) is 0 Å². The highest BCUT2D eigenvalue weighted by Crippen LogP contribution is 2.19. The van der Waals surface area contributed by atoms with E-state index in [2.05, 4.69) is 15.3 Å². The highest BCUT2D eigenvalue weighted by atomic mass is 16.2. The molecular formula is C17H25N7O2. The van der Waals surface area contributed by atoms with Crippen LogP contribution in [-0.4, -0.2) is 41.4 Å². The maximum atomic E-state index is 12.2. The van der Waals surface area contributed by atoms with E-state index in [4.69, 9.17) is 22.9 Å². The van der Waals surface area contributed by atoms with Gasteiger partial charge in [0.15, 0.2) is 5.96 Å². The molecule has 26 heavy (non-hydrogen) atoms. The van der Waals surface area contributed by atoms with Crippen LogP contribution in [0, 0.1) is 0 Å². The van der Waals surface area contributed by atoms with Crippen LogP contribution in [0.15, 0.2) is 35.5 Å². The van der Waals surface area contributed by atoms with Crippen molar-refractivity contribution in [2.75, 3.05) is 6.54 Å². The van der Waals surface area contributed by atoms with Crippen LogP contribution < -0.4 is 28.3 Å². The highest BCUT2D eigenvalue weighted by Gasteiger charge is 2.23. The molecule has 0 spiro atoms. The van der Waals surface area contributed by atoms with Crippen LogP contribution in [0.5, 0.6) is 0 Å². The third-order valence-corrected chi connectivity index (χ3v) is 4.06. The van der Waals surface area contributed by atoms with Crippen LogP contribution in [-0.2, 0) is 16.0 Å². The van der Waals surface area contributed by atoms with Gasteiger partial charge in [0.1, 0.15) is 6.04 Å². The molecule has 2 rings (SSSR count). The van der Waals surface area contributed by atoms with Gasteiger partial charge in [0.2, 0.25) is 11.8 Å². The fraction of sp³-hybridized carbons (Fsp3) is 0.353. The minimum absolute atomic E-state index is 0.00413. The Bertz CT molecular complexity index is 795.